The summed E-state index contributed by atoms with van der Waals surface area (Å²) in [5.74, 6) is 10.3. The minimum atomic E-state index is -2.19. The molecule has 776 valence electrons. The Morgan fingerprint density at radius 1 is 0.219 bits per heavy atom. The summed E-state index contributed by atoms with van der Waals surface area (Å²) in [7, 11) is -8.50. The maximum absolute atomic E-state index is 7.16. The highest BCUT2D eigenvalue weighted by Crippen LogP contribution is 2.61. The molecule has 12 aromatic carbocycles. The van der Waals surface area contributed by atoms with Crippen LogP contribution in [-0.2, 0) is 69.0 Å². The first-order valence-electron chi connectivity index (χ1n) is 51.4. The number of benzene rings is 12. The molecular formula is C124H152O16P4S2. The molecular weight excluding hydrogens is 1930 g/mol. The lowest BCUT2D eigenvalue weighted by atomic mass is 9.82. The van der Waals surface area contributed by atoms with E-state index in [2.05, 4.69) is 355 Å². The third-order valence-corrected chi connectivity index (χ3v) is 34.3. The van der Waals surface area contributed by atoms with Gasteiger partial charge in [0.15, 0.2) is 46.0 Å². The van der Waals surface area contributed by atoms with E-state index in [1.54, 1.807) is 23.5 Å². The molecule has 16 nitrogen and oxygen atoms in total. The van der Waals surface area contributed by atoms with Crippen molar-refractivity contribution in [3.8, 4) is 92.0 Å². The molecule has 0 spiro atoms. The van der Waals surface area contributed by atoms with Gasteiger partial charge in [0, 0.05) is 70.2 Å². The van der Waals surface area contributed by atoms with Gasteiger partial charge in [0.05, 0.1) is 19.6 Å². The number of fused-ring (bicyclic) bond motifs is 4. The highest BCUT2D eigenvalue weighted by Gasteiger charge is 2.43. The molecule has 0 unspecified atom stereocenters. The van der Waals surface area contributed by atoms with Crippen LogP contribution in [0.4, 0.5) is 0 Å². The molecule has 4 aliphatic heterocycles. The largest absolute Gasteiger partial charge is 0.530 e. The molecule has 16 rings (SSSR count). The Kier molecular flexibility index (Phi) is 32.7. The van der Waals surface area contributed by atoms with Crippen molar-refractivity contribution >= 4 is 57.9 Å². The third kappa shape index (κ3) is 26.6. The van der Waals surface area contributed by atoms with Crippen molar-refractivity contribution in [2.75, 3.05) is 0 Å². The smallest absolute Gasteiger partial charge is 0.483 e. The Morgan fingerprint density at radius 3 is 0.575 bits per heavy atom. The fourth-order valence-electron chi connectivity index (χ4n) is 17.9. The summed E-state index contributed by atoms with van der Waals surface area (Å²) in [6.45, 7) is 70.1. The Labute approximate surface area is 884 Å². The van der Waals surface area contributed by atoms with E-state index in [4.69, 9.17) is 73.2 Å². The van der Waals surface area contributed by atoms with Crippen LogP contribution in [0.15, 0.2) is 262 Å². The molecule has 0 amide bonds. The second-order valence-corrected chi connectivity index (χ2v) is 54.1. The zero-order valence-corrected chi connectivity index (χ0v) is 97.1. The average molecular weight is 2090 g/mol. The van der Waals surface area contributed by atoms with E-state index in [1.807, 2.05) is 109 Å². The highest BCUT2D eigenvalue weighted by molar-refractivity contribution is 7.99. The summed E-state index contributed by atoms with van der Waals surface area (Å²) >= 11 is 3.17. The van der Waals surface area contributed by atoms with Crippen molar-refractivity contribution in [2.45, 2.75) is 358 Å². The molecule has 0 saturated carbocycles. The van der Waals surface area contributed by atoms with Gasteiger partial charge < -0.3 is 73.2 Å². The van der Waals surface area contributed by atoms with Crippen molar-refractivity contribution in [3.05, 3.63) is 309 Å². The Balaban J connectivity index is 0.000000220. The van der Waals surface area contributed by atoms with Crippen LogP contribution in [0.3, 0.4) is 0 Å². The van der Waals surface area contributed by atoms with Crippen LogP contribution in [0.25, 0.3) is 0 Å². The molecule has 4 heterocycles. The fraction of sp³-hybridized carbons (Fsp3) is 0.419. The summed E-state index contributed by atoms with van der Waals surface area (Å²) in [6.07, 6.45) is 6.73. The van der Waals surface area contributed by atoms with Crippen LogP contribution < -0.4 is 73.2 Å². The number of para-hydroxylation sites is 8. The van der Waals surface area contributed by atoms with Crippen LogP contribution >= 0.6 is 57.9 Å². The van der Waals surface area contributed by atoms with Gasteiger partial charge in [-0.25, -0.2) is 0 Å². The lowest BCUT2D eigenvalue weighted by Gasteiger charge is -2.29. The van der Waals surface area contributed by atoms with Crippen LogP contribution in [-0.4, -0.2) is 22.4 Å². The van der Waals surface area contributed by atoms with Gasteiger partial charge in [-0.15, -0.1) is 0 Å². The van der Waals surface area contributed by atoms with Gasteiger partial charge in [0.1, 0.15) is 68.4 Å². The lowest BCUT2D eigenvalue weighted by molar-refractivity contribution is 0.134. The van der Waals surface area contributed by atoms with Gasteiger partial charge in [-0.1, -0.05) is 335 Å². The molecule has 12 aromatic rings. The third-order valence-electron chi connectivity index (χ3n) is 28.0. The Morgan fingerprint density at radius 2 is 0.390 bits per heavy atom. The van der Waals surface area contributed by atoms with Crippen molar-refractivity contribution in [2.24, 2.45) is 0 Å². The monoisotopic (exact) mass is 2080 g/mol. The number of ether oxygens (including phenoxy) is 4. The first-order chi connectivity index (χ1) is 68.5. The van der Waals surface area contributed by atoms with E-state index in [0.717, 1.165) is 150 Å². The van der Waals surface area contributed by atoms with Gasteiger partial charge >= 0.3 is 34.4 Å². The van der Waals surface area contributed by atoms with E-state index in [0.29, 0.717) is 69.0 Å². The van der Waals surface area contributed by atoms with Crippen molar-refractivity contribution in [1.82, 2.24) is 0 Å². The van der Waals surface area contributed by atoms with Crippen LogP contribution in [0, 0.1) is 0 Å². The predicted octanol–water partition coefficient (Wildman–Crippen LogP) is 37.5. The average Bonchev–Trinajstić information content (AvgIpc) is 1.63. The van der Waals surface area contributed by atoms with E-state index in [9.17, 15) is 0 Å². The number of hydrogen-bond donors (Lipinski definition) is 0. The molecule has 0 aliphatic carbocycles. The predicted molar refractivity (Wildman–Crippen MR) is 602 cm³/mol. The molecule has 0 aromatic heterocycles. The van der Waals surface area contributed by atoms with Gasteiger partial charge in [-0.2, -0.15) is 0 Å². The summed E-state index contributed by atoms with van der Waals surface area (Å²) in [6, 6.07) is 82.6. The van der Waals surface area contributed by atoms with E-state index in [-0.39, 0.29) is 43.3 Å². The highest BCUT2D eigenvalue weighted by atomic mass is 32.2. The van der Waals surface area contributed by atoms with Gasteiger partial charge in [0.25, 0.3) is 0 Å². The number of rotatable bonds is 36. The maximum Gasteiger partial charge on any atom is 0.530 e. The van der Waals surface area contributed by atoms with Gasteiger partial charge in [0.2, 0.25) is 0 Å². The first kappa shape index (κ1) is 110. The normalized spacial score (nSPS) is 15.0. The second-order valence-electron chi connectivity index (χ2n) is 47.9. The zero-order valence-electron chi connectivity index (χ0n) is 91.9. The molecule has 0 saturated heterocycles. The Bertz CT molecular complexity index is 6000. The maximum atomic E-state index is 7.16. The SMILES string of the molecule is CCC(C)(C)c1ccc(OP(Oc2cccc3c2OC(C)(C)C3)Oc2cccc3c2OC(C)(C)C3)c(Sc2cc(C(C)(C)CC)ccc2OP(Oc2cccc3c2OC(C)(C)C3)Oc2cccc3c2OC(C)(C)C3)c1.CCC(C)(C)c1ccc(OP(Oc2ccccc2C(C)(C)C)Oc2ccccc2C(C)(C)C)c(Sc2cc(C(C)(C)CC)ccc2OP(Oc2ccccc2C(C)(C)C)Oc2ccccc2C(C)(C)C)c1. The molecule has 0 fully saturated rings. The van der Waals surface area contributed by atoms with Crippen molar-refractivity contribution in [1.29, 1.82) is 0 Å². The first-order valence-corrected chi connectivity index (χ1v) is 57.4. The summed E-state index contributed by atoms with van der Waals surface area (Å²) in [4.78, 5) is 3.48. The van der Waals surface area contributed by atoms with E-state index in [1.165, 1.54) is 11.1 Å². The fourth-order valence-corrected chi connectivity index (χ4v) is 24.4. The van der Waals surface area contributed by atoms with Gasteiger partial charge in [-0.3, -0.25) is 0 Å². The molecule has 0 atom stereocenters. The zero-order chi connectivity index (χ0) is 105. The van der Waals surface area contributed by atoms with E-state index < -0.39 is 56.8 Å². The summed E-state index contributed by atoms with van der Waals surface area (Å²) in [5, 5.41) is 0. The lowest BCUT2D eigenvalue weighted by Crippen LogP contribution is -2.24. The van der Waals surface area contributed by atoms with Crippen molar-refractivity contribution < 1.29 is 73.2 Å². The summed E-state index contributed by atoms with van der Waals surface area (Å²) < 4.78 is 110. The summed E-state index contributed by atoms with van der Waals surface area (Å²) in [5.41, 5.74) is 10.3. The van der Waals surface area contributed by atoms with Crippen LogP contribution in [0.1, 0.15) is 314 Å². The van der Waals surface area contributed by atoms with Crippen molar-refractivity contribution in [3.63, 3.8) is 0 Å². The molecule has 146 heavy (non-hydrogen) atoms. The molecule has 0 bridgehead atoms. The number of hydrogen-bond acceptors (Lipinski definition) is 18. The van der Waals surface area contributed by atoms with E-state index >= 15 is 0 Å². The second kappa shape index (κ2) is 43.4. The quantitative estimate of drug-likeness (QED) is 0.0343. The minimum Gasteiger partial charge on any atom is -0.483 e. The molecule has 22 heteroatoms. The molecule has 4 aliphatic rings. The topological polar surface area (TPSA) is 148 Å². The van der Waals surface area contributed by atoms with Crippen LogP contribution in [0.5, 0.6) is 92.0 Å². The minimum absolute atomic E-state index is 0.120. The Hall–Kier alpha value is -10.1. The standard InChI is InChI=1S/C62H72O10P2S.C62H80O6P2S/c1-15-57(3,4)43-29-31-45(67-73(69-47-25-17-21-39-35-59(7,8)63-53(39)47)70-48-26-18-22-40-36-60(9,10)64-54(40)48)51(33-43)75-52-34-44(58(5,6)16-2)30-32-46(52)68-74(71-49-27-19-23-41-37-61(11,12)65-55(41)49)72-50-28-20-24-42-38-62(13,14)66-56(42)50;1-19-61(15,16)43-37-39-53(67-69(63-49-33-25-21-29-45(49)57(3,4)5)64-50-34-26-22-30-46(50)58(6,7)8)55(41-43)71-56-42-44(62(17,18)20-2)38-40-54(56)68-70(65-51-35-27-23-31-47(51)59(9,10)11)66-52-36-28-24-32-48(52)60(12,13)14/h17-34H,15-16,35-38H2,1-14H3;21-42H,19-20H2,1-18H3. The molecule has 0 radical (unpaired) electrons. The molecule has 0 N–H and O–H groups in total. The van der Waals surface area contributed by atoms with Crippen LogP contribution in [0.2, 0.25) is 0 Å². The van der Waals surface area contributed by atoms with Gasteiger partial charge in [-0.05, 0) is 244 Å².